The van der Waals surface area contributed by atoms with Gasteiger partial charge in [0, 0.05) is 57.1 Å². The third-order valence-electron chi connectivity index (χ3n) is 6.48. The number of carbonyl (C=O) groups is 3. The lowest BCUT2D eigenvalue weighted by atomic mass is 10.0. The highest BCUT2D eigenvalue weighted by atomic mass is 16.6. The van der Waals surface area contributed by atoms with E-state index >= 15 is 0 Å². The fraction of sp³-hybridized carbons (Fsp3) is 0.312. The van der Waals surface area contributed by atoms with Gasteiger partial charge >= 0.3 is 6.09 Å². The van der Waals surface area contributed by atoms with Crippen molar-refractivity contribution >= 4 is 29.0 Å². The maximum Gasteiger partial charge on any atom is 0.410 e. The number of hydrogen-bond donors (Lipinski definition) is 1. The van der Waals surface area contributed by atoms with Gasteiger partial charge in [-0.05, 0) is 50.6 Å². The number of benzene rings is 2. The molecular formula is C32H36N4O5. The van der Waals surface area contributed by atoms with E-state index in [2.05, 4.69) is 33.8 Å². The molecule has 3 heterocycles. The Morgan fingerprint density at radius 3 is 2.00 bits per heavy atom. The first-order chi connectivity index (χ1) is 19.5. The zero-order valence-corrected chi connectivity index (χ0v) is 23.9. The van der Waals surface area contributed by atoms with Crippen LogP contribution in [0.15, 0.2) is 79.0 Å². The molecule has 2 aromatic heterocycles. The summed E-state index contributed by atoms with van der Waals surface area (Å²) in [7, 11) is 0. The lowest BCUT2D eigenvalue weighted by molar-refractivity contribution is -0.134. The second kappa shape index (κ2) is 12.7. The molecule has 2 aromatic carbocycles. The van der Waals surface area contributed by atoms with E-state index in [-0.39, 0.29) is 12.0 Å². The van der Waals surface area contributed by atoms with Crippen LogP contribution >= 0.6 is 0 Å². The minimum Gasteiger partial charge on any atom is -0.481 e. The number of aromatic nitrogens is 2. The molecule has 1 aliphatic heterocycles. The first-order valence-electron chi connectivity index (χ1n) is 13.6. The monoisotopic (exact) mass is 556 g/mol. The largest absolute Gasteiger partial charge is 0.481 e. The van der Waals surface area contributed by atoms with Gasteiger partial charge in [-0.2, -0.15) is 0 Å². The van der Waals surface area contributed by atoms with Crippen LogP contribution in [-0.4, -0.2) is 74.2 Å². The summed E-state index contributed by atoms with van der Waals surface area (Å²) in [6.07, 6.45) is 1.98. The van der Waals surface area contributed by atoms with Crippen LogP contribution in [0.4, 0.5) is 4.79 Å². The van der Waals surface area contributed by atoms with Gasteiger partial charge in [0.25, 0.3) is 11.9 Å². The van der Waals surface area contributed by atoms with Crippen LogP contribution < -0.4 is 0 Å². The quantitative estimate of drug-likeness (QED) is 0.361. The average Bonchev–Trinajstić information content (AvgIpc) is 3.26. The van der Waals surface area contributed by atoms with Crippen LogP contribution in [-0.2, 0) is 16.0 Å². The van der Waals surface area contributed by atoms with Gasteiger partial charge in [-0.15, -0.1) is 0 Å². The predicted molar refractivity (Wildman–Crippen MR) is 157 cm³/mol. The van der Waals surface area contributed by atoms with Gasteiger partial charge < -0.3 is 24.2 Å². The van der Waals surface area contributed by atoms with Gasteiger partial charge in [0.15, 0.2) is 0 Å². The maximum atomic E-state index is 14.1. The SMILES string of the molecule is CC(=O)O.CC(C)(C)OC(=O)N1CCN(C(=O)c2c(Cc3ccccc3)n(-c3ccccc3)c3cccnc23)CC1. The van der Waals surface area contributed by atoms with Gasteiger partial charge in [0.05, 0.1) is 11.1 Å². The van der Waals surface area contributed by atoms with Crippen LogP contribution in [0.5, 0.6) is 0 Å². The van der Waals surface area contributed by atoms with Crippen molar-refractivity contribution in [3.05, 3.63) is 95.8 Å². The van der Waals surface area contributed by atoms with E-state index in [1.54, 1.807) is 11.1 Å². The molecule has 2 amide bonds. The molecule has 214 valence electrons. The number of carboxylic acids is 1. The highest BCUT2D eigenvalue weighted by Crippen LogP contribution is 2.31. The predicted octanol–water partition coefficient (Wildman–Crippen LogP) is 5.40. The van der Waals surface area contributed by atoms with Crippen LogP contribution in [0.1, 0.15) is 49.3 Å². The molecule has 1 fully saturated rings. The highest BCUT2D eigenvalue weighted by molar-refractivity contribution is 6.07. The molecule has 0 bridgehead atoms. The van der Waals surface area contributed by atoms with Crippen LogP contribution in [0.25, 0.3) is 16.7 Å². The number of hydrogen-bond acceptors (Lipinski definition) is 5. The Hall–Kier alpha value is -4.66. The van der Waals surface area contributed by atoms with E-state index in [1.165, 1.54) is 0 Å². The Labute approximate surface area is 240 Å². The van der Waals surface area contributed by atoms with Crippen LogP contribution in [0.2, 0.25) is 0 Å². The van der Waals surface area contributed by atoms with Gasteiger partial charge in [-0.1, -0.05) is 48.5 Å². The molecule has 0 aliphatic carbocycles. The van der Waals surface area contributed by atoms with Gasteiger partial charge in [0.1, 0.15) is 11.1 Å². The van der Waals surface area contributed by atoms with Gasteiger partial charge in [-0.25, -0.2) is 4.79 Å². The Bertz CT molecular complexity index is 1500. The van der Waals surface area contributed by atoms with Crippen LogP contribution in [0.3, 0.4) is 0 Å². The van der Waals surface area contributed by atoms with Crippen molar-refractivity contribution < 1.29 is 24.2 Å². The lowest BCUT2D eigenvalue weighted by Gasteiger charge is -2.35. The number of amides is 2. The number of piperazine rings is 1. The molecule has 1 N–H and O–H groups in total. The summed E-state index contributed by atoms with van der Waals surface area (Å²) in [5.41, 5.74) is 4.67. The summed E-state index contributed by atoms with van der Waals surface area (Å²) in [4.78, 5) is 43.8. The number of fused-ring (bicyclic) bond motifs is 1. The Morgan fingerprint density at radius 2 is 1.41 bits per heavy atom. The molecule has 9 heteroatoms. The normalized spacial score (nSPS) is 13.4. The van der Waals surface area contributed by atoms with Crippen molar-refractivity contribution in [3.8, 4) is 5.69 Å². The molecule has 1 aliphatic rings. The number of ether oxygens (including phenoxy) is 1. The van der Waals surface area contributed by atoms with Gasteiger partial charge in [-0.3, -0.25) is 14.6 Å². The zero-order valence-electron chi connectivity index (χ0n) is 23.9. The molecule has 9 nitrogen and oxygen atoms in total. The summed E-state index contributed by atoms with van der Waals surface area (Å²) in [6.45, 7) is 8.39. The molecule has 0 radical (unpaired) electrons. The Morgan fingerprint density at radius 1 is 0.854 bits per heavy atom. The molecule has 0 unspecified atom stereocenters. The van der Waals surface area contributed by atoms with Crippen molar-refractivity contribution in [2.75, 3.05) is 26.2 Å². The maximum absolute atomic E-state index is 14.1. The average molecular weight is 557 g/mol. The van der Waals surface area contributed by atoms with Crippen molar-refractivity contribution in [2.45, 2.75) is 39.7 Å². The van der Waals surface area contributed by atoms with E-state index < -0.39 is 11.6 Å². The van der Waals surface area contributed by atoms with E-state index in [0.717, 1.165) is 29.4 Å². The summed E-state index contributed by atoms with van der Waals surface area (Å²) >= 11 is 0. The fourth-order valence-corrected chi connectivity index (χ4v) is 4.79. The number of pyridine rings is 1. The third kappa shape index (κ3) is 7.30. The second-order valence-corrected chi connectivity index (χ2v) is 10.8. The Kier molecular flexibility index (Phi) is 9.07. The van der Waals surface area contributed by atoms with Gasteiger partial charge in [0.2, 0.25) is 0 Å². The van der Waals surface area contributed by atoms with E-state index in [4.69, 9.17) is 14.6 Å². The molecule has 0 atom stereocenters. The molecular weight excluding hydrogens is 520 g/mol. The lowest BCUT2D eigenvalue weighted by Crippen LogP contribution is -2.51. The van der Waals surface area contributed by atoms with Crippen molar-refractivity contribution in [2.24, 2.45) is 0 Å². The summed E-state index contributed by atoms with van der Waals surface area (Å²) in [5, 5.41) is 7.42. The molecule has 41 heavy (non-hydrogen) atoms. The van der Waals surface area contributed by atoms with Crippen molar-refractivity contribution in [1.82, 2.24) is 19.4 Å². The second-order valence-electron chi connectivity index (χ2n) is 10.8. The van der Waals surface area contributed by atoms with E-state index in [9.17, 15) is 9.59 Å². The van der Waals surface area contributed by atoms with Crippen molar-refractivity contribution in [1.29, 1.82) is 0 Å². The Balaban J connectivity index is 0.000000909. The standard InChI is InChI=1S/C30H32N4O3.C2H4O2/c1-30(2,3)37-29(36)33-19-17-32(18-20-33)28(35)26-25(21-22-11-6-4-7-12-22)34(23-13-8-5-9-14-23)24-15-10-16-31-27(24)26;1-2(3)4/h4-16H,17-21H2,1-3H3;1H3,(H,3,4). The smallest absolute Gasteiger partial charge is 0.410 e. The number of aliphatic carboxylic acids is 1. The van der Waals surface area contributed by atoms with Crippen LogP contribution in [0, 0.1) is 0 Å². The van der Waals surface area contributed by atoms with E-state index in [1.807, 2.05) is 74.2 Å². The fourth-order valence-electron chi connectivity index (χ4n) is 4.79. The minimum atomic E-state index is -0.833. The molecule has 0 spiro atoms. The number of para-hydroxylation sites is 1. The first kappa shape index (κ1) is 29.3. The topological polar surface area (TPSA) is 105 Å². The molecule has 1 saturated heterocycles. The summed E-state index contributed by atoms with van der Waals surface area (Å²) in [6, 6.07) is 24.2. The number of nitrogens with zero attached hydrogens (tertiary/aromatic N) is 4. The number of carbonyl (C=O) groups excluding carboxylic acids is 2. The zero-order chi connectivity index (χ0) is 29.6. The molecule has 4 aromatic rings. The highest BCUT2D eigenvalue weighted by Gasteiger charge is 2.32. The molecule has 0 saturated carbocycles. The van der Waals surface area contributed by atoms with E-state index in [0.29, 0.717) is 43.7 Å². The summed E-state index contributed by atoms with van der Waals surface area (Å²) < 4.78 is 7.68. The minimum absolute atomic E-state index is 0.0619. The molecule has 5 rings (SSSR count). The number of rotatable bonds is 4. The first-order valence-corrected chi connectivity index (χ1v) is 13.6. The number of carboxylic acid groups (broad SMARTS) is 1. The van der Waals surface area contributed by atoms with Crippen molar-refractivity contribution in [3.63, 3.8) is 0 Å². The summed E-state index contributed by atoms with van der Waals surface area (Å²) in [5.74, 6) is -0.895. The third-order valence-corrected chi connectivity index (χ3v) is 6.48.